The van der Waals surface area contributed by atoms with E-state index in [2.05, 4.69) is 21.1 Å². The molecule has 0 saturated heterocycles. The number of rotatable bonds is 3. The van der Waals surface area contributed by atoms with E-state index in [1.807, 2.05) is 37.3 Å². The van der Waals surface area contributed by atoms with E-state index in [0.717, 1.165) is 16.8 Å². The fraction of sp³-hybridized carbons (Fsp3) is 0.100. The summed E-state index contributed by atoms with van der Waals surface area (Å²) in [5, 5.41) is 11.9. The molecule has 1 N–H and O–H groups in total. The van der Waals surface area contributed by atoms with Crippen molar-refractivity contribution in [1.29, 1.82) is 5.26 Å². The van der Waals surface area contributed by atoms with Gasteiger partial charge < -0.3 is 0 Å². The Morgan fingerprint density at radius 3 is 2.69 bits per heavy atom. The second-order valence-corrected chi connectivity index (χ2v) is 6.03. The van der Waals surface area contributed by atoms with Crippen molar-refractivity contribution in [3.05, 3.63) is 87.6 Å². The van der Waals surface area contributed by atoms with Crippen molar-refractivity contribution in [2.75, 3.05) is 0 Å². The van der Waals surface area contributed by atoms with Crippen LogP contribution in [0.25, 0.3) is 16.9 Å². The largest absolute Gasteiger partial charge is 0.296 e. The predicted octanol–water partition coefficient (Wildman–Crippen LogP) is 2.86. The van der Waals surface area contributed by atoms with Gasteiger partial charge >= 0.3 is 0 Å². The summed E-state index contributed by atoms with van der Waals surface area (Å²) in [6.45, 7) is 1.84. The van der Waals surface area contributed by atoms with E-state index in [0.29, 0.717) is 28.9 Å². The van der Waals surface area contributed by atoms with Crippen LogP contribution in [0.3, 0.4) is 0 Å². The number of aromatic amines is 1. The molecule has 0 saturated carbocycles. The minimum absolute atomic E-state index is 0.126. The molecule has 0 bridgehead atoms. The number of nitrogens with one attached hydrogen (secondary N) is 1. The average molecular weight is 341 g/mol. The van der Waals surface area contributed by atoms with Crippen LogP contribution in [-0.2, 0) is 6.42 Å². The second-order valence-electron chi connectivity index (χ2n) is 6.03. The number of benzene rings is 1. The van der Waals surface area contributed by atoms with Crippen LogP contribution in [-0.4, -0.2) is 19.6 Å². The monoisotopic (exact) mass is 341 g/mol. The Hall–Kier alpha value is -3.72. The molecule has 3 aromatic heterocycles. The highest BCUT2D eigenvalue weighted by Gasteiger charge is 2.15. The Morgan fingerprint density at radius 1 is 1.19 bits per heavy atom. The molecule has 0 spiro atoms. The molecule has 0 amide bonds. The first-order valence-electron chi connectivity index (χ1n) is 8.17. The van der Waals surface area contributed by atoms with Crippen LogP contribution in [0.4, 0.5) is 0 Å². The minimum Gasteiger partial charge on any atom is -0.296 e. The zero-order valence-electron chi connectivity index (χ0n) is 14.1. The highest BCUT2D eigenvalue weighted by Crippen LogP contribution is 2.21. The molecule has 0 aliphatic carbocycles. The molecule has 0 atom stereocenters. The smallest absolute Gasteiger partial charge is 0.276 e. The molecule has 1 aromatic carbocycles. The van der Waals surface area contributed by atoms with Gasteiger partial charge in [-0.2, -0.15) is 5.26 Å². The number of aryl methyl sites for hydroxylation is 1. The maximum Gasteiger partial charge on any atom is 0.276 e. The van der Waals surface area contributed by atoms with E-state index in [9.17, 15) is 4.79 Å². The van der Waals surface area contributed by atoms with Crippen molar-refractivity contribution >= 4 is 5.65 Å². The molecule has 126 valence electrons. The van der Waals surface area contributed by atoms with Crippen LogP contribution in [0.1, 0.15) is 22.4 Å². The van der Waals surface area contributed by atoms with Crippen molar-refractivity contribution in [3.63, 3.8) is 0 Å². The van der Waals surface area contributed by atoms with Crippen molar-refractivity contribution in [2.45, 2.75) is 13.3 Å². The van der Waals surface area contributed by atoms with Gasteiger partial charge in [-0.1, -0.05) is 18.2 Å². The summed E-state index contributed by atoms with van der Waals surface area (Å²) < 4.78 is 1.45. The zero-order chi connectivity index (χ0) is 18.1. The zero-order valence-corrected chi connectivity index (χ0v) is 14.1. The van der Waals surface area contributed by atoms with Crippen molar-refractivity contribution in [2.24, 2.45) is 0 Å². The lowest BCUT2D eigenvalue weighted by atomic mass is 10.0. The van der Waals surface area contributed by atoms with Gasteiger partial charge in [0.25, 0.3) is 5.56 Å². The van der Waals surface area contributed by atoms with Gasteiger partial charge in [0.05, 0.1) is 22.9 Å². The Kier molecular flexibility index (Phi) is 3.82. The fourth-order valence-corrected chi connectivity index (χ4v) is 2.97. The van der Waals surface area contributed by atoms with Crippen molar-refractivity contribution < 1.29 is 0 Å². The predicted molar refractivity (Wildman–Crippen MR) is 97.7 cm³/mol. The highest BCUT2D eigenvalue weighted by atomic mass is 16.1. The Morgan fingerprint density at radius 2 is 2.00 bits per heavy atom. The van der Waals surface area contributed by atoms with E-state index < -0.39 is 0 Å². The van der Waals surface area contributed by atoms with Gasteiger partial charge in [-0.15, -0.1) is 0 Å². The molecule has 6 nitrogen and oxygen atoms in total. The summed E-state index contributed by atoms with van der Waals surface area (Å²) in [6, 6.07) is 15.0. The Balaban J connectivity index is 1.80. The molecule has 4 rings (SSSR count). The lowest BCUT2D eigenvalue weighted by Crippen LogP contribution is -2.22. The summed E-state index contributed by atoms with van der Waals surface area (Å²) in [5.41, 5.74) is 4.86. The van der Waals surface area contributed by atoms with Crippen LogP contribution in [0.15, 0.2) is 59.7 Å². The lowest BCUT2D eigenvalue weighted by Gasteiger charge is -2.07. The van der Waals surface area contributed by atoms with Crippen molar-refractivity contribution in [3.8, 4) is 17.3 Å². The maximum atomic E-state index is 12.9. The van der Waals surface area contributed by atoms with Gasteiger partial charge in [0, 0.05) is 30.1 Å². The average Bonchev–Trinajstić information content (AvgIpc) is 3.10. The molecule has 0 fully saturated rings. The first-order valence-corrected chi connectivity index (χ1v) is 8.17. The van der Waals surface area contributed by atoms with Crippen LogP contribution in [0, 0.1) is 18.3 Å². The van der Waals surface area contributed by atoms with Gasteiger partial charge in [-0.05, 0) is 36.8 Å². The number of pyridine rings is 1. The fourth-order valence-electron chi connectivity index (χ4n) is 2.97. The number of hydrogen-bond donors (Lipinski definition) is 1. The van der Waals surface area contributed by atoms with Gasteiger partial charge in [0.2, 0.25) is 0 Å². The summed E-state index contributed by atoms with van der Waals surface area (Å²) in [7, 11) is 0. The Bertz CT molecular complexity index is 1180. The van der Waals surface area contributed by atoms with Gasteiger partial charge in [0.15, 0.2) is 5.65 Å². The van der Waals surface area contributed by atoms with E-state index in [1.54, 1.807) is 24.5 Å². The first kappa shape index (κ1) is 15.8. The van der Waals surface area contributed by atoms with Gasteiger partial charge in [0.1, 0.15) is 0 Å². The lowest BCUT2D eigenvalue weighted by molar-refractivity contribution is 0.859. The molecule has 4 aromatic rings. The van der Waals surface area contributed by atoms with Crippen molar-refractivity contribution in [1.82, 2.24) is 19.6 Å². The molecular formula is C20H15N5O. The Labute approximate surface area is 149 Å². The maximum absolute atomic E-state index is 12.9. The number of fused-ring (bicyclic) bond motifs is 1. The normalized spacial score (nSPS) is 10.8. The van der Waals surface area contributed by atoms with E-state index in [4.69, 9.17) is 5.26 Å². The molecule has 0 aliphatic rings. The van der Waals surface area contributed by atoms with E-state index in [-0.39, 0.29) is 5.56 Å². The number of hydrogen-bond acceptors (Lipinski definition) is 4. The number of aromatic nitrogens is 4. The summed E-state index contributed by atoms with van der Waals surface area (Å²) in [4.78, 5) is 21.9. The highest BCUT2D eigenvalue weighted by molar-refractivity contribution is 5.74. The number of nitriles is 1. The summed E-state index contributed by atoms with van der Waals surface area (Å²) >= 11 is 0. The van der Waals surface area contributed by atoms with E-state index in [1.165, 1.54) is 4.52 Å². The van der Waals surface area contributed by atoms with Crippen LogP contribution < -0.4 is 5.56 Å². The molecule has 0 aliphatic heterocycles. The number of nitrogens with zero attached hydrogens (tertiary/aromatic N) is 4. The van der Waals surface area contributed by atoms with Gasteiger partial charge in [-0.25, -0.2) is 9.50 Å². The quantitative estimate of drug-likeness (QED) is 0.621. The first-order chi connectivity index (χ1) is 12.7. The summed E-state index contributed by atoms with van der Waals surface area (Å²) in [6.07, 6.45) is 3.92. The SMILES string of the molecule is Cc1nc2c(-c3ccccn3)c[nH]n2c(=O)c1Cc1ccc(C#N)cc1. The minimum atomic E-state index is -0.126. The van der Waals surface area contributed by atoms with Crippen LogP contribution in [0.2, 0.25) is 0 Å². The van der Waals surface area contributed by atoms with E-state index >= 15 is 0 Å². The third kappa shape index (κ3) is 2.66. The van der Waals surface area contributed by atoms with Crippen LogP contribution >= 0.6 is 0 Å². The third-order valence-electron chi connectivity index (χ3n) is 4.37. The molecule has 0 radical (unpaired) electrons. The standard InChI is InChI=1S/C20H15N5O/c1-13-16(10-14-5-7-15(11-21)8-6-14)20(26)25-19(24-13)17(12-23-25)18-4-2-3-9-22-18/h2-9,12,23H,10H2,1H3. The molecule has 6 heteroatoms. The molecule has 26 heavy (non-hydrogen) atoms. The third-order valence-corrected chi connectivity index (χ3v) is 4.37. The van der Waals surface area contributed by atoms with Gasteiger partial charge in [-0.3, -0.25) is 14.9 Å². The van der Waals surface area contributed by atoms with Crippen LogP contribution in [0.5, 0.6) is 0 Å². The topological polar surface area (TPSA) is 86.8 Å². The molecular weight excluding hydrogens is 326 g/mol. The molecule has 0 unspecified atom stereocenters. The second kappa shape index (κ2) is 6.30. The number of H-pyrrole nitrogens is 1. The molecule has 3 heterocycles. The summed E-state index contributed by atoms with van der Waals surface area (Å²) in [5.74, 6) is 0.